The first-order valence-corrected chi connectivity index (χ1v) is 20.1. The van der Waals surface area contributed by atoms with Crippen LogP contribution in [0, 0.1) is 0 Å². The second kappa shape index (κ2) is 13.8. The fourth-order valence-corrected chi connectivity index (χ4v) is 8.93. The number of hydrogen-bond donors (Lipinski definition) is 0. The molecular formula is C55H39N3O. The minimum atomic E-state index is -0.115. The van der Waals surface area contributed by atoms with Crippen molar-refractivity contribution in [2.45, 2.75) is 19.3 Å². The van der Waals surface area contributed by atoms with E-state index >= 15 is 0 Å². The SMILES string of the molecule is CC1(C)c2ccccc2-c2cc3c4ccccc4n(-c4cccc(Oc5nc(-c6ccc(-c7ccccc7)cc6)cc(-c6ccc(-c7ccccc7)cc6)n5)c4)c3cc21. The number of para-hydroxylation sites is 1. The van der Waals surface area contributed by atoms with Crippen molar-refractivity contribution in [1.82, 2.24) is 14.5 Å². The molecule has 8 aromatic carbocycles. The molecule has 2 heterocycles. The van der Waals surface area contributed by atoms with Gasteiger partial charge in [-0.05, 0) is 80.9 Å². The van der Waals surface area contributed by atoms with E-state index in [2.05, 4.69) is 194 Å². The van der Waals surface area contributed by atoms with Gasteiger partial charge in [-0.3, -0.25) is 0 Å². The highest BCUT2D eigenvalue weighted by molar-refractivity contribution is 6.11. The second-order valence-electron chi connectivity index (χ2n) is 15.8. The van der Waals surface area contributed by atoms with Crippen LogP contribution in [0.3, 0.4) is 0 Å². The van der Waals surface area contributed by atoms with E-state index in [4.69, 9.17) is 14.7 Å². The molecule has 0 aliphatic heterocycles. The Kier molecular flexibility index (Phi) is 8.12. The summed E-state index contributed by atoms with van der Waals surface area (Å²) in [4.78, 5) is 10.0. The summed E-state index contributed by atoms with van der Waals surface area (Å²) < 4.78 is 9.03. The topological polar surface area (TPSA) is 39.9 Å². The monoisotopic (exact) mass is 757 g/mol. The van der Waals surface area contributed by atoms with Gasteiger partial charge in [0.05, 0.1) is 22.4 Å². The number of hydrogen-bond acceptors (Lipinski definition) is 3. The summed E-state index contributed by atoms with van der Waals surface area (Å²) in [6.07, 6.45) is 0. The van der Waals surface area contributed by atoms with Crippen molar-refractivity contribution in [2.24, 2.45) is 0 Å². The van der Waals surface area contributed by atoms with Gasteiger partial charge in [0.25, 0.3) is 0 Å². The second-order valence-corrected chi connectivity index (χ2v) is 15.8. The fraction of sp³-hybridized carbons (Fsp3) is 0.0545. The Hall–Kier alpha value is -7.56. The minimum absolute atomic E-state index is 0.115. The van der Waals surface area contributed by atoms with Crippen molar-refractivity contribution >= 4 is 21.8 Å². The third kappa shape index (κ3) is 6.00. The summed E-state index contributed by atoms with van der Waals surface area (Å²) in [6, 6.07) is 70.8. The number of nitrogens with zero attached hydrogens (tertiary/aromatic N) is 3. The molecule has 0 radical (unpaired) electrons. The maximum absolute atomic E-state index is 6.67. The summed E-state index contributed by atoms with van der Waals surface area (Å²) in [5.41, 5.74) is 16.7. The van der Waals surface area contributed by atoms with Crippen molar-refractivity contribution in [3.05, 3.63) is 211 Å². The Morgan fingerprint density at radius 3 is 1.63 bits per heavy atom. The third-order valence-corrected chi connectivity index (χ3v) is 11.9. The molecule has 1 aliphatic carbocycles. The van der Waals surface area contributed by atoms with Gasteiger partial charge in [-0.15, -0.1) is 0 Å². The van der Waals surface area contributed by atoms with E-state index < -0.39 is 0 Å². The van der Waals surface area contributed by atoms with E-state index in [1.54, 1.807) is 0 Å². The van der Waals surface area contributed by atoms with Crippen LogP contribution in [0.25, 0.3) is 83.4 Å². The standard InChI is InChI=1S/C55H39N3O/c1-55(2)48-22-11-9-20-44(48)46-33-47-45-21-10-12-23-52(45)58(53(47)34-49(46)55)42-18-13-19-43(32-42)59-54-56-50(40-28-24-38(25-29-40)36-14-5-3-6-15-36)35-51(57-54)41-30-26-39(27-31-41)37-16-7-4-8-17-37/h3-35H,1-2H3. The van der Waals surface area contributed by atoms with E-state index in [-0.39, 0.29) is 11.4 Å². The lowest BCUT2D eigenvalue weighted by Gasteiger charge is -2.21. The van der Waals surface area contributed by atoms with Crippen LogP contribution in [0.2, 0.25) is 0 Å². The first-order valence-electron chi connectivity index (χ1n) is 20.1. The summed E-state index contributed by atoms with van der Waals surface area (Å²) in [5, 5.41) is 2.45. The number of rotatable bonds is 7. The number of ether oxygens (including phenoxy) is 1. The molecule has 1 aliphatic rings. The molecule has 59 heavy (non-hydrogen) atoms. The first kappa shape index (κ1) is 34.7. The van der Waals surface area contributed by atoms with Gasteiger partial charge in [-0.2, -0.15) is 9.97 Å². The van der Waals surface area contributed by atoms with Crippen LogP contribution in [0.4, 0.5) is 0 Å². The van der Waals surface area contributed by atoms with E-state index in [0.29, 0.717) is 5.75 Å². The maximum Gasteiger partial charge on any atom is 0.323 e. The zero-order valence-corrected chi connectivity index (χ0v) is 32.8. The molecule has 0 amide bonds. The fourth-order valence-electron chi connectivity index (χ4n) is 8.93. The number of fused-ring (bicyclic) bond motifs is 6. The molecule has 0 N–H and O–H groups in total. The molecule has 4 nitrogen and oxygen atoms in total. The van der Waals surface area contributed by atoms with Gasteiger partial charge >= 0.3 is 6.01 Å². The van der Waals surface area contributed by atoms with Crippen molar-refractivity contribution in [1.29, 1.82) is 0 Å². The van der Waals surface area contributed by atoms with E-state index in [9.17, 15) is 0 Å². The van der Waals surface area contributed by atoms with Gasteiger partial charge < -0.3 is 9.30 Å². The Balaban J connectivity index is 1.00. The lowest BCUT2D eigenvalue weighted by molar-refractivity contribution is 0.443. The summed E-state index contributed by atoms with van der Waals surface area (Å²) >= 11 is 0. The number of benzene rings is 8. The Morgan fingerprint density at radius 2 is 0.966 bits per heavy atom. The molecule has 4 heteroatoms. The quantitative estimate of drug-likeness (QED) is 0.163. The highest BCUT2D eigenvalue weighted by Gasteiger charge is 2.36. The van der Waals surface area contributed by atoms with Crippen LogP contribution in [0.5, 0.6) is 11.8 Å². The summed E-state index contributed by atoms with van der Waals surface area (Å²) in [5.74, 6) is 0.657. The molecule has 2 aromatic heterocycles. The smallest absolute Gasteiger partial charge is 0.323 e. The predicted molar refractivity (Wildman–Crippen MR) is 242 cm³/mol. The zero-order chi connectivity index (χ0) is 39.5. The Morgan fingerprint density at radius 1 is 0.407 bits per heavy atom. The highest BCUT2D eigenvalue weighted by atomic mass is 16.5. The van der Waals surface area contributed by atoms with Gasteiger partial charge in [0, 0.05) is 39.1 Å². The van der Waals surface area contributed by atoms with Crippen molar-refractivity contribution < 1.29 is 4.74 Å². The van der Waals surface area contributed by atoms with Crippen LogP contribution in [-0.4, -0.2) is 14.5 Å². The van der Waals surface area contributed by atoms with Gasteiger partial charge in [0.15, 0.2) is 0 Å². The van der Waals surface area contributed by atoms with Crippen LogP contribution < -0.4 is 4.74 Å². The van der Waals surface area contributed by atoms with E-state index in [1.165, 1.54) is 49.7 Å². The van der Waals surface area contributed by atoms with Crippen molar-refractivity contribution in [2.75, 3.05) is 0 Å². The molecular weight excluding hydrogens is 719 g/mol. The zero-order valence-electron chi connectivity index (χ0n) is 32.8. The molecule has 0 atom stereocenters. The molecule has 280 valence electrons. The van der Waals surface area contributed by atoms with Crippen LogP contribution >= 0.6 is 0 Å². The summed E-state index contributed by atoms with van der Waals surface area (Å²) in [7, 11) is 0. The molecule has 10 aromatic rings. The van der Waals surface area contributed by atoms with Crippen molar-refractivity contribution in [3.8, 4) is 73.3 Å². The molecule has 0 saturated carbocycles. The van der Waals surface area contributed by atoms with Gasteiger partial charge in [-0.25, -0.2) is 0 Å². The van der Waals surface area contributed by atoms with E-state index in [1.807, 2.05) is 24.3 Å². The van der Waals surface area contributed by atoms with E-state index in [0.717, 1.165) is 44.8 Å². The van der Waals surface area contributed by atoms with Gasteiger partial charge in [0.1, 0.15) is 5.75 Å². The highest BCUT2D eigenvalue weighted by Crippen LogP contribution is 2.51. The normalized spacial score (nSPS) is 12.7. The lowest BCUT2D eigenvalue weighted by atomic mass is 9.82. The predicted octanol–water partition coefficient (Wildman–Crippen LogP) is 14.3. The van der Waals surface area contributed by atoms with Crippen LogP contribution in [-0.2, 0) is 5.41 Å². The lowest BCUT2D eigenvalue weighted by Crippen LogP contribution is -2.14. The van der Waals surface area contributed by atoms with Crippen molar-refractivity contribution in [3.63, 3.8) is 0 Å². The van der Waals surface area contributed by atoms with Gasteiger partial charge in [0.2, 0.25) is 0 Å². The molecule has 11 rings (SSSR count). The Bertz CT molecular complexity index is 3080. The molecule has 0 fully saturated rings. The molecule has 0 spiro atoms. The van der Waals surface area contributed by atoms with Gasteiger partial charge in [-0.1, -0.05) is 172 Å². The average Bonchev–Trinajstić information content (AvgIpc) is 3.74. The maximum atomic E-state index is 6.67. The Labute approximate surface area is 343 Å². The summed E-state index contributed by atoms with van der Waals surface area (Å²) in [6.45, 7) is 4.67. The van der Waals surface area contributed by atoms with Crippen LogP contribution in [0.15, 0.2) is 200 Å². The molecule has 0 bridgehead atoms. The molecule has 0 unspecified atom stereocenters. The number of aromatic nitrogens is 3. The largest absolute Gasteiger partial charge is 0.424 e. The average molecular weight is 758 g/mol. The third-order valence-electron chi connectivity index (χ3n) is 11.9. The van der Waals surface area contributed by atoms with Crippen LogP contribution in [0.1, 0.15) is 25.0 Å². The molecule has 0 saturated heterocycles. The minimum Gasteiger partial charge on any atom is -0.424 e. The first-order chi connectivity index (χ1) is 29.0.